The highest BCUT2D eigenvalue weighted by molar-refractivity contribution is 7.20. The van der Waals surface area contributed by atoms with Crippen LogP contribution in [0.1, 0.15) is 17.4 Å². The van der Waals surface area contributed by atoms with Crippen molar-refractivity contribution in [2.75, 3.05) is 0 Å². The second-order valence-electron chi connectivity index (χ2n) is 3.19. The molecule has 0 fully saturated rings. The molecule has 1 unspecified atom stereocenters. The maximum atomic E-state index is 10.5. The molecule has 2 aromatic rings. The molecule has 0 aliphatic rings. The molecule has 0 saturated heterocycles. The number of nitro groups is 1. The summed E-state index contributed by atoms with van der Waals surface area (Å²) < 4.78 is 5.95. The average molecular weight is 293 g/mol. The zero-order valence-corrected chi connectivity index (χ0v) is 10.6. The Balaban J connectivity index is 2.33. The van der Waals surface area contributed by atoms with Crippen molar-refractivity contribution in [3.8, 4) is 0 Å². The van der Waals surface area contributed by atoms with Crippen LogP contribution in [-0.2, 0) is 0 Å². The summed E-state index contributed by atoms with van der Waals surface area (Å²) in [5, 5.41) is 10.5. The summed E-state index contributed by atoms with van der Waals surface area (Å²) in [6.45, 7) is 0. The number of nitrogens with zero attached hydrogens (tertiary/aromatic N) is 1. The molecular formula is C9H6Cl2N2O3S. The Morgan fingerprint density at radius 1 is 1.47 bits per heavy atom. The molecule has 0 aliphatic heterocycles. The summed E-state index contributed by atoms with van der Waals surface area (Å²) >= 11 is 12.9. The normalized spacial score (nSPS) is 12.6. The Hall–Kier alpha value is -1.08. The van der Waals surface area contributed by atoms with Gasteiger partial charge in [0.15, 0.2) is 0 Å². The molecule has 2 rings (SSSR count). The minimum atomic E-state index is -0.667. The van der Waals surface area contributed by atoms with Gasteiger partial charge in [-0.3, -0.25) is 10.1 Å². The number of halogens is 2. The molecule has 0 aromatic carbocycles. The molecule has 17 heavy (non-hydrogen) atoms. The highest BCUT2D eigenvalue weighted by Gasteiger charge is 2.21. The van der Waals surface area contributed by atoms with E-state index < -0.39 is 11.0 Å². The molecule has 0 amide bonds. The first kappa shape index (κ1) is 12.4. The molecule has 0 spiro atoms. The first-order valence-corrected chi connectivity index (χ1v) is 6.00. The van der Waals surface area contributed by atoms with Gasteiger partial charge in [0, 0.05) is 5.56 Å². The zero-order valence-electron chi connectivity index (χ0n) is 8.22. The summed E-state index contributed by atoms with van der Waals surface area (Å²) in [4.78, 5) is 9.84. The third-order valence-electron chi connectivity index (χ3n) is 2.12. The van der Waals surface area contributed by atoms with Crippen molar-refractivity contribution in [3.05, 3.63) is 48.3 Å². The largest absolute Gasteiger partial charge is 0.433 e. The van der Waals surface area contributed by atoms with Crippen LogP contribution in [-0.4, -0.2) is 4.92 Å². The summed E-state index contributed by atoms with van der Waals surface area (Å²) in [5.41, 5.74) is 6.48. The predicted molar refractivity (Wildman–Crippen MR) is 65.7 cm³/mol. The summed E-state index contributed by atoms with van der Waals surface area (Å²) in [6, 6.07) is 3.65. The van der Waals surface area contributed by atoms with E-state index in [4.69, 9.17) is 33.4 Å². The van der Waals surface area contributed by atoms with Crippen molar-refractivity contribution in [1.29, 1.82) is 0 Å². The van der Waals surface area contributed by atoms with Gasteiger partial charge in [0.1, 0.15) is 10.7 Å². The minimum Gasteiger partial charge on any atom is -0.404 e. The molecule has 5 nitrogen and oxygen atoms in total. The van der Waals surface area contributed by atoms with Gasteiger partial charge >= 0.3 is 5.88 Å². The molecule has 2 aromatic heterocycles. The lowest BCUT2D eigenvalue weighted by Crippen LogP contribution is -2.10. The van der Waals surface area contributed by atoms with Gasteiger partial charge in [0.05, 0.1) is 20.8 Å². The second-order valence-corrected chi connectivity index (χ2v) is 5.48. The van der Waals surface area contributed by atoms with E-state index in [-0.39, 0.29) is 11.6 Å². The van der Waals surface area contributed by atoms with E-state index >= 15 is 0 Å². The Labute approximate surface area is 110 Å². The Morgan fingerprint density at radius 2 is 2.18 bits per heavy atom. The SMILES string of the molecule is NC(c1ccc([N+](=O)[O-])o1)c1cc(Cl)sc1Cl. The number of furan rings is 1. The number of rotatable bonds is 3. The van der Waals surface area contributed by atoms with Gasteiger partial charge in [0.2, 0.25) is 0 Å². The molecule has 90 valence electrons. The van der Waals surface area contributed by atoms with Crippen LogP contribution in [0.15, 0.2) is 22.6 Å². The lowest BCUT2D eigenvalue weighted by molar-refractivity contribution is -0.402. The van der Waals surface area contributed by atoms with Gasteiger partial charge in [-0.1, -0.05) is 23.2 Å². The number of hydrogen-bond acceptors (Lipinski definition) is 5. The standard InChI is InChI=1S/C9H6Cl2N2O3S/c10-6-3-4(9(11)17-6)8(12)5-1-2-7(16-5)13(14)15/h1-3,8H,12H2. The maximum Gasteiger partial charge on any atom is 0.433 e. The van der Waals surface area contributed by atoms with E-state index in [2.05, 4.69) is 0 Å². The molecule has 1 atom stereocenters. The molecule has 0 saturated carbocycles. The minimum absolute atomic E-state index is 0.271. The lowest BCUT2D eigenvalue weighted by Gasteiger charge is -2.06. The van der Waals surface area contributed by atoms with Gasteiger partial charge in [0.25, 0.3) is 0 Å². The highest BCUT2D eigenvalue weighted by Crippen LogP contribution is 2.37. The quantitative estimate of drug-likeness (QED) is 0.692. The van der Waals surface area contributed by atoms with E-state index in [1.54, 1.807) is 6.07 Å². The first-order valence-electron chi connectivity index (χ1n) is 4.43. The van der Waals surface area contributed by atoms with Crippen LogP contribution in [0.2, 0.25) is 8.67 Å². The van der Waals surface area contributed by atoms with E-state index in [1.807, 2.05) is 0 Å². The third-order valence-corrected chi connectivity index (χ3v) is 3.64. The van der Waals surface area contributed by atoms with Crippen LogP contribution >= 0.6 is 34.5 Å². The summed E-state index contributed by atoms with van der Waals surface area (Å²) in [5.74, 6) is -0.0824. The van der Waals surface area contributed by atoms with Gasteiger partial charge < -0.3 is 10.2 Å². The van der Waals surface area contributed by atoms with E-state index in [1.165, 1.54) is 23.5 Å². The van der Waals surface area contributed by atoms with Gasteiger partial charge in [-0.05, 0) is 12.1 Å². The first-order chi connectivity index (χ1) is 7.99. The van der Waals surface area contributed by atoms with Crippen molar-refractivity contribution < 1.29 is 9.34 Å². The average Bonchev–Trinajstić information content (AvgIpc) is 2.84. The maximum absolute atomic E-state index is 10.5. The Morgan fingerprint density at radius 3 is 2.65 bits per heavy atom. The highest BCUT2D eigenvalue weighted by atomic mass is 35.5. The molecule has 2 N–H and O–H groups in total. The van der Waals surface area contributed by atoms with Crippen molar-refractivity contribution >= 4 is 40.4 Å². The van der Waals surface area contributed by atoms with Crippen molar-refractivity contribution in [1.82, 2.24) is 0 Å². The lowest BCUT2D eigenvalue weighted by atomic mass is 10.1. The van der Waals surface area contributed by atoms with Crippen LogP contribution in [0.25, 0.3) is 0 Å². The van der Waals surface area contributed by atoms with Crippen molar-refractivity contribution in [2.45, 2.75) is 6.04 Å². The summed E-state index contributed by atoms with van der Waals surface area (Å²) in [6.07, 6.45) is 0. The topological polar surface area (TPSA) is 82.3 Å². The monoisotopic (exact) mass is 292 g/mol. The number of thiophene rings is 1. The van der Waals surface area contributed by atoms with Crippen LogP contribution in [0.5, 0.6) is 0 Å². The fourth-order valence-electron chi connectivity index (χ4n) is 1.33. The Kier molecular flexibility index (Phi) is 3.39. The van der Waals surface area contributed by atoms with Crippen molar-refractivity contribution in [2.24, 2.45) is 5.73 Å². The van der Waals surface area contributed by atoms with Gasteiger partial charge in [-0.2, -0.15) is 0 Å². The van der Waals surface area contributed by atoms with Crippen LogP contribution in [0.4, 0.5) is 5.88 Å². The fraction of sp³-hybridized carbons (Fsp3) is 0.111. The third kappa shape index (κ3) is 2.44. The Bertz CT molecular complexity index is 566. The number of hydrogen-bond donors (Lipinski definition) is 1. The van der Waals surface area contributed by atoms with Gasteiger partial charge in [-0.15, -0.1) is 11.3 Å². The second kappa shape index (κ2) is 4.66. The van der Waals surface area contributed by atoms with E-state index in [9.17, 15) is 10.1 Å². The van der Waals surface area contributed by atoms with Crippen LogP contribution in [0.3, 0.4) is 0 Å². The molecule has 0 radical (unpaired) electrons. The van der Waals surface area contributed by atoms with Gasteiger partial charge in [-0.25, -0.2) is 0 Å². The molecular weight excluding hydrogens is 287 g/mol. The smallest absolute Gasteiger partial charge is 0.404 e. The molecule has 0 aliphatic carbocycles. The summed E-state index contributed by atoms with van der Waals surface area (Å²) in [7, 11) is 0. The van der Waals surface area contributed by atoms with E-state index in [0.29, 0.717) is 14.2 Å². The molecule has 8 heteroatoms. The zero-order chi connectivity index (χ0) is 12.6. The number of nitrogens with two attached hydrogens (primary N) is 1. The van der Waals surface area contributed by atoms with Crippen LogP contribution in [0, 0.1) is 10.1 Å². The van der Waals surface area contributed by atoms with Crippen molar-refractivity contribution in [3.63, 3.8) is 0 Å². The molecule has 2 heterocycles. The predicted octanol–water partition coefficient (Wildman–Crippen LogP) is 3.60. The molecule has 0 bridgehead atoms. The fourth-order valence-corrected chi connectivity index (χ4v) is 2.88. The van der Waals surface area contributed by atoms with Crippen LogP contribution < -0.4 is 5.73 Å². The van der Waals surface area contributed by atoms with E-state index in [0.717, 1.165) is 0 Å².